The number of carbonyl (C=O) groups excluding carboxylic acids is 2. The Morgan fingerprint density at radius 1 is 1.33 bits per heavy atom. The number of rotatable bonds is 2. The van der Waals surface area contributed by atoms with Crippen LogP contribution >= 0.6 is 0 Å². The fraction of sp³-hybridized carbons (Fsp3) is 0.273. The average Bonchev–Trinajstić information content (AvgIpc) is 2.23. The number of aliphatic imine (C=N–C) groups is 1. The molecule has 0 aliphatic heterocycles. The van der Waals surface area contributed by atoms with Crippen molar-refractivity contribution in [2.45, 2.75) is 13.8 Å². The van der Waals surface area contributed by atoms with E-state index in [1.54, 1.807) is 26.0 Å². The number of carbonyl (C=O) groups is 1. The summed E-state index contributed by atoms with van der Waals surface area (Å²) in [6, 6.07) is 3.57. The van der Waals surface area contributed by atoms with Crippen molar-refractivity contribution >= 4 is 17.7 Å². The van der Waals surface area contributed by atoms with E-state index in [0.717, 1.165) is 11.1 Å². The van der Waals surface area contributed by atoms with Crippen molar-refractivity contribution in [3.63, 3.8) is 0 Å². The second-order valence-electron chi connectivity index (χ2n) is 3.12. The summed E-state index contributed by atoms with van der Waals surface area (Å²) in [5, 5.41) is 0. The fourth-order valence-electron chi connectivity index (χ4n) is 1.35. The molecule has 78 valence electrons. The average molecular weight is 205 g/mol. The monoisotopic (exact) mass is 205 g/mol. The first-order valence-corrected chi connectivity index (χ1v) is 4.38. The molecular weight excluding hydrogens is 194 g/mol. The third-order valence-corrected chi connectivity index (χ3v) is 2.13. The van der Waals surface area contributed by atoms with Gasteiger partial charge >= 0.3 is 5.97 Å². The first kappa shape index (κ1) is 11.1. The van der Waals surface area contributed by atoms with E-state index in [-0.39, 0.29) is 0 Å². The number of ether oxygens (including phenoxy) is 1. The maximum Gasteiger partial charge on any atom is 0.340 e. The highest BCUT2D eigenvalue weighted by Crippen LogP contribution is 2.27. The lowest BCUT2D eigenvalue weighted by Gasteiger charge is -2.08. The van der Waals surface area contributed by atoms with Gasteiger partial charge in [0.1, 0.15) is 0 Å². The Labute approximate surface area is 87.6 Å². The number of nitrogens with zero attached hydrogens (tertiary/aromatic N) is 1. The second kappa shape index (κ2) is 4.53. The number of esters is 1. The van der Waals surface area contributed by atoms with E-state index in [1.807, 2.05) is 0 Å². The van der Waals surface area contributed by atoms with Crippen LogP contribution in [0.5, 0.6) is 0 Å². The molecule has 0 atom stereocenters. The number of isocyanates is 1. The lowest BCUT2D eigenvalue weighted by Crippen LogP contribution is -2.05. The van der Waals surface area contributed by atoms with Crippen LogP contribution in [-0.2, 0) is 9.53 Å². The van der Waals surface area contributed by atoms with Crippen molar-refractivity contribution in [2.75, 3.05) is 7.11 Å². The molecule has 0 N–H and O–H groups in total. The van der Waals surface area contributed by atoms with Crippen LogP contribution in [0.2, 0.25) is 0 Å². The lowest BCUT2D eigenvalue weighted by atomic mass is 10.0. The van der Waals surface area contributed by atoms with Crippen LogP contribution in [0.15, 0.2) is 17.1 Å². The zero-order valence-electron chi connectivity index (χ0n) is 8.83. The van der Waals surface area contributed by atoms with Crippen LogP contribution in [0.4, 0.5) is 5.69 Å². The van der Waals surface area contributed by atoms with Gasteiger partial charge in [-0.1, -0.05) is 12.1 Å². The summed E-state index contributed by atoms with van der Waals surface area (Å²) in [7, 11) is 1.29. The number of methoxy groups -OCH3 is 1. The number of benzene rings is 1. The summed E-state index contributed by atoms with van der Waals surface area (Å²) in [6.07, 6.45) is 1.44. The quantitative estimate of drug-likeness (QED) is 0.422. The Hall–Kier alpha value is -1.93. The van der Waals surface area contributed by atoms with Gasteiger partial charge in [0, 0.05) is 0 Å². The molecule has 0 aromatic heterocycles. The van der Waals surface area contributed by atoms with E-state index in [0.29, 0.717) is 11.3 Å². The van der Waals surface area contributed by atoms with Gasteiger partial charge < -0.3 is 4.74 Å². The first-order valence-electron chi connectivity index (χ1n) is 4.38. The Morgan fingerprint density at radius 3 is 2.47 bits per heavy atom. The molecule has 0 bridgehead atoms. The normalized spacial score (nSPS) is 9.27. The van der Waals surface area contributed by atoms with Crippen LogP contribution in [0.25, 0.3) is 0 Å². The molecule has 0 aliphatic carbocycles. The predicted octanol–water partition coefficient (Wildman–Crippen LogP) is 2.06. The van der Waals surface area contributed by atoms with Crippen LogP contribution < -0.4 is 0 Å². The molecule has 0 amide bonds. The van der Waals surface area contributed by atoms with Crippen LogP contribution in [-0.4, -0.2) is 19.2 Å². The molecular formula is C11H11NO3. The highest BCUT2D eigenvalue weighted by Gasteiger charge is 2.16. The fourth-order valence-corrected chi connectivity index (χ4v) is 1.35. The minimum atomic E-state index is -0.495. The summed E-state index contributed by atoms with van der Waals surface area (Å²) in [6.45, 7) is 3.53. The molecule has 0 radical (unpaired) electrons. The van der Waals surface area contributed by atoms with Gasteiger partial charge in [-0.25, -0.2) is 9.59 Å². The summed E-state index contributed by atoms with van der Waals surface area (Å²) in [5.74, 6) is -0.495. The minimum Gasteiger partial charge on any atom is -0.465 e. The van der Waals surface area contributed by atoms with Gasteiger partial charge in [-0.05, 0) is 25.0 Å². The zero-order valence-corrected chi connectivity index (χ0v) is 8.83. The zero-order chi connectivity index (χ0) is 11.4. The van der Waals surface area contributed by atoms with Crippen molar-refractivity contribution in [2.24, 2.45) is 4.99 Å². The topological polar surface area (TPSA) is 55.7 Å². The summed E-state index contributed by atoms with van der Waals surface area (Å²) >= 11 is 0. The lowest BCUT2D eigenvalue weighted by molar-refractivity contribution is 0.0601. The van der Waals surface area contributed by atoms with Gasteiger partial charge in [0.2, 0.25) is 6.08 Å². The largest absolute Gasteiger partial charge is 0.465 e. The van der Waals surface area contributed by atoms with Gasteiger partial charge in [0.05, 0.1) is 18.4 Å². The summed E-state index contributed by atoms with van der Waals surface area (Å²) in [4.78, 5) is 25.3. The smallest absolute Gasteiger partial charge is 0.340 e. The predicted molar refractivity (Wildman–Crippen MR) is 55.0 cm³/mol. The minimum absolute atomic E-state index is 0.320. The number of hydrogen-bond acceptors (Lipinski definition) is 4. The maximum atomic E-state index is 11.5. The summed E-state index contributed by atoms with van der Waals surface area (Å²) in [5.41, 5.74) is 2.11. The summed E-state index contributed by atoms with van der Waals surface area (Å²) < 4.78 is 4.63. The van der Waals surface area contributed by atoms with Crippen LogP contribution in [0.3, 0.4) is 0 Å². The van der Waals surface area contributed by atoms with E-state index in [9.17, 15) is 9.59 Å². The molecule has 4 heteroatoms. The van der Waals surface area contributed by atoms with Gasteiger partial charge in [-0.2, -0.15) is 4.99 Å². The molecule has 15 heavy (non-hydrogen) atoms. The van der Waals surface area contributed by atoms with Gasteiger partial charge in [-0.3, -0.25) is 0 Å². The molecule has 4 nitrogen and oxygen atoms in total. The van der Waals surface area contributed by atoms with E-state index in [2.05, 4.69) is 9.73 Å². The molecule has 0 unspecified atom stereocenters. The third kappa shape index (κ3) is 2.11. The third-order valence-electron chi connectivity index (χ3n) is 2.13. The van der Waals surface area contributed by atoms with Crippen molar-refractivity contribution < 1.29 is 14.3 Å². The highest BCUT2D eigenvalue weighted by atomic mass is 16.5. The van der Waals surface area contributed by atoms with Crippen LogP contribution in [0, 0.1) is 13.8 Å². The first-order chi connectivity index (χ1) is 7.11. The molecule has 1 aromatic carbocycles. The van der Waals surface area contributed by atoms with E-state index >= 15 is 0 Å². The molecule has 0 aliphatic rings. The molecule has 0 fully saturated rings. The van der Waals surface area contributed by atoms with Gasteiger partial charge in [0.25, 0.3) is 0 Å². The van der Waals surface area contributed by atoms with E-state index in [4.69, 9.17) is 0 Å². The Balaban J connectivity index is 3.51. The van der Waals surface area contributed by atoms with Crippen molar-refractivity contribution in [3.05, 3.63) is 28.8 Å². The van der Waals surface area contributed by atoms with Crippen molar-refractivity contribution in [1.29, 1.82) is 0 Å². The van der Waals surface area contributed by atoms with Crippen molar-refractivity contribution in [1.82, 2.24) is 0 Å². The van der Waals surface area contributed by atoms with Crippen LogP contribution in [0.1, 0.15) is 21.5 Å². The molecule has 1 rings (SSSR count). The standard InChI is InChI=1S/C11H11NO3/c1-7-4-5-8(2)10(12-6-13)9(7)11(14)15-3/h4-5H,1-3H3. The van der Waals surface area contributed by atoms with Crippen molar-refractivity contribution in [3.8, 4) is 0 Å². The number of hydrogen-bond donors (Lipinski definition) is 0. The van der Waals surface area contributed by atoms with Gasteiger partial charge in [0.15, 0.2) is 0 Å². The van der Waals surface area contributed by atoms with E-state index < -0.39 is 5.97 Å². The Bertz CT molecular complexity index is 445. The Kier molecular flexibility index (Phi) is 3.37. The number of aryl methyl sites for hydroxylation is 2. The van der Waals surface area contributed by atoms with Gasteiger partial charge in [-0.15, -0.1) is 0 Å². The molecule has 0 saturated carbocycles. The maximum absolute atomic E-state index is 11.5. The highest BCUT2D eigenvalue weighted by molar-refractivity contribution is 5.97. The molecule has 0 spiro atoms. The second-order valence-corrected chi connectivity index (χ2v) is 3.12. The van der Waals surface area contributed by atoms with E-state index in [1.165, 1.54) is 13.2 Å². The molecule has 0 saturated heterocycles. The SMILES string of the molecule is COC(=O)c1c(C)ccc(C)c1N=C=O. The molecule has 0 heterocycles. The molecule has 1 aromatic rings. The Morgan fingerprint density at radius 2 is 1.93 bits per heavy atom.